The van der Waals surface area contributed by atoms with E-state index in [9.17, 15) is 4.79 Å². The number of carbonyl (C=O) groups is 1. The second-order valence-electron chi connectivity index (χ2n) is 6.32. The summed E-state index contributed by atoms with van der Waals surface area (Å²) < 4.78 is 7.17. The Kier molecular flexibility index (Phi) is 3.05. The Balaban J connectivity index is 1.24. The minimum atomic E-state index is -0.0969. The third kappa shape index (κ3) is 2.34. The van der Waals surface area contributed by atoms with Gasteiger partial charge in [0.1, 0.15) is 0 Å². The zero-order valence-corrected chi connectivity index (χ0v) is 13.6. The summed E-state index contributed by atoms with van der Waals surface area (Å²) in [7, 11) is 0. The fraction of sp³-hybridized carbons (Fsp3) is 0.375. The fourth-order valence-corrected chi connectivity index (χ4v) is 3.57. The first-order chi connectivity index (χ1) is 11.8. The third-order valence-corrected chi connectivity index (χ3v) is 5.42. The minimum Gasteiger partial charge on any atom is -0.355 e. The highest BCUT2D eigenvalue weighted by molar-refractivity contribution is 7.13. The highest BCUT2D eigenvalue weighted by atomic mass is 32.1. The SMILES string of the molecule is O=C(c1cc(-c2cccs2)on1)N1CC(n2cc(C3CC3)nn2)C1. The maximum absolute atomic E-state index is 12.5. The molecule has 122 valence electrons. The van der Waals surface area contributed by atoms with Gasteiger partial charge in [-0.05, 0) is 24.3 Å². The minimum absolute atomic E-state index is 0.0969. The maximum atomic E-state index is 12.5. The largest absolute Gasteiger partial charge is 0.355 e. The van der Waals surface area contributed by atoms with Crippen LogP contribution in [0, 0.1) is 0 Å². The Hall–Kier alpha value is -2.48. The van der Waals surface area contributed by atoms with Crippen LogP contribution < -0.4 is 0 Å². The van der Waals surface area contributed by atoms with Crippen molar-refractivity contribution >= 4 is 17.2 Å². The van der Waals surface area contributed by atoms with Gasteiger partial charge in [0, 0.05) is 31.3 Å². The van der Waals surface area contributed by atoms with Gasteiger partial charge in [-0.3, -0.25) is 4.79 Å². The summed E-state index contributed by atoms with van der Waals surface area (Å²) in [5, 5.41) is 14.3. The van der Waals surface area contributed by atoms with Gasteiger partial charge in [-0.1, -0.05) is 16.4 Å². The first-order valence-electron chi connectivity index (χ1n) is 7.99. The van der Waals surface area contributed by atoms with Crippen LogP contribution in [0.2, 0.25) is 0 Å². The summed E-state index contributed by atoms with van der Waals surface area (Å²) in [6.45, 7) is 1.26. The molecule has 8 heteroatoms. The Morgan fingerprint density at radius 3 is 2.96 bits per heavy atom. The molecular weight excluding hydrogens is 326 g/mol. The van der Waals surface area contributed by atoms with Crippen molar-refractivity contribution in [2.45, 2.75) is 24.8 Å². The molecule has 1 amide bonds. The predicted octanol–water partition coefficient (Wildman–Crippen LogP) is 2.57. The number of rotatable bonds is 4. The number of thiophene rings is 1. The van der Waals surface area contributed by atoms with Crippen molar-refractivity contribution in [1.29, 1.82) is 0 Å². The Labute approximate surface area is 141 Å². The van der Waals surface area contributed by atoms with Crippen LogP contribution in [0.5, 0.6) is 0 Å². The van der Waals surface area contributed by atoms with Gasteiger partial charge in [0.05, 0.1) is 16.6 Å². The van der Waals surface area contributed by atoms with Gasteiger partial charge < -0.3 is 9.42 Å². The Bertz CT molecular complexity index is 874. The highest BCUT2D eigenvalue weighted by Gasteiger charge is 2.35. The van der Waals surface area contributed by atoms with Gasteiger partial charge in [-0.15, -0.1) is 16.4 Å². The van der Waals surface area contributed by atoms with Crippen molar-refractivity contribution in [1.82, 2.24) is 25.1 Å². The average molecular weight is 341 g/mol. The lowest BCUT2D eigenvalue weighted by atomic mass is 10.1. The van der Waals surface area contributed by atoms with E-state index in [1.165, 1.54) is 12.8 Å². The lowest BCUT2D eigenvalue weighted by Gasteiger charge is -2.38. The van der Waals surface area contributed by atoms with E-state index in [0.717, 1.165) is 10.6 Å². The molecule has 2 aliphatic rings. The molecule has 0 radical (unpaired) electrons. The topological polar surface area (TPSA) is 77.0 Å². The molecule has 1 aliphatic heterocycles. The summed E-state index contributed by atoms with van der Waals surface area (Å²) in [4.78, 5) is 15.2. The van der Waals surface area contributed by atoms with Crippen molar-refractivity contribution in [2.24, 2.45) is 0 Å². The number of nitrogens with zero attached hydrogens (tertiary/aromatic N) is 5. The smallest absolute Gasteiger partial charge is 0.276 e. The molecule has 0 atom stereocenters. The van der Waals surface area contributed by atoms with E-state index in [0.29, 0.717) is 30.5 Å². The van der Waals surface area contributed by atoms with E-state index in [-0.39, 0.29) is 11.9 Å². The fourth-order valence-electron chi connectivity index (χ4n) is 2.90. The summed E-state index contributed by atoms with van der Waals surface area (Å²) in [5.74, 6) is 1.14. The molecule has 0 bridgehead atoms. The van der Waals surface area contributed by atoms with E-state index >= 15 is 0 Å². The molecule has 7 nitrogen and oxygen atoms in total. The number of hydrogen-bond donors (Lipinski definition) is 0. The normalized spacial score (nSPS) is 17.9. The lowest BCUT2D eigenvalue weighted by molar-refractivity contribution is 0.0488. The number of aromatic nitrogens is 4. The van der Waals surface area contributed by atoms with Crippen molar-refractivity contribution in [3.63, 3.8) is 0 Å². The Morgan fingerprint density at radius 1 is 1.33 bits per heavy atom. The molecule has 0 N–H and O–H groups in total. The molecule has 4 heterocycles. The number of hydrogen-bond acceptors (Lipinski definition) is 6. The van der Waals surface area contributed by atoms with Gasteiger partial charge in [-0.2, -0.15) is 0 Å². The molecule has 2 fully saturated rings. The molecule has 0 spiro atoms. The third-order valence-electron chi connectivity index (χ3n) is 4.54. The van der Waals surface area contributed by atoms with Crippen molar-refractivity contribution in [3.8, 4) is 10.6 Å². The predicted molar refractivity (Wildman–Crippen MR) is 86.8 cm³/mol. The van der Waals surface area contributed by atoms with Crippen molar-refractivity contribution in [2.75, 3.05) is 13.1 Å². The van der Waals surface area contributed by atoms with Crippen LogP contribution in [0.25, 0.3) is 10.6 Å². The summed E-state index contributed by atoms with van der Waals surface area (Å²) in [6.07, 6.45) is 4.45. The second kappa shape index (κ2) is 5.27. The standard InChI is InChI=1S/C16H15N5O2S/c22-16(12-6-14(23-18-12)15-2-1-5-24-15)20-7-11(8-20)21-9-13(17-19-21)10-3-4-10/h1-2,5-6,9-11H,3-4,7-8H2. The zero-order chi connectivity index (χ0) is 16.1. The number of carbonyl (C=O) groups excluding carboxylic acids is 1. The van der Waals surface area contributed by atoms with Gasteiger partial charge in [0.25, 0.3) is 5.91 Å². The van der Waals surface area contributed by atoms with Crippen LogP contribution in [-0.2, 0) is 0 Å². The van der Waals surface area contributed by atoms with E-state index in [2.05, 4.69) is 15.5 Å². The summed E-state index contributed by atoms with van der Waals surface area (Å²) in [5.41, 5.74) is 1.44. The van der Waals surface area contributed by atoms with E-state index in [1.807, 2.05) is 28.4 Å². The van der Waals surface area contributed by atoms with Crippen LogP contribution in [-0.4, -0.2) is 44.0 Å². The molecule has 3 aromatic heterocycles. The van der Waals surface area contributed by atoms with Gasteiger partial charge >= 0.3 is 0 Å². The molecule has 0 unspecified atom stereocenters. The van der Waals surface area contributed by atoms with Crippen LogP contribution in [0.3, 0.4) is 0 Å². The van der Waals surface area contributed by atoms with Gasteiger partial charge in [0.15, 0.2) is 11.5 Å². The molecule has 0 aromatic carbocycles. The summed E-state index contributed by atoms with van der Waals surface area (Å²) in [6, 6.07) is 5.80. The average Bonchev–Trinajstić information content (AvgIpc) is 3.02. The van der Waals surface area contributed by atoms with E-state index < -0.39 is 0 Å². The van der Waals surface area contributed by atoms with Crippen LogP contribution in [0.4, 0.5) is 0 Å². The van der Waals surface area contributed by atoms with Crippen LogP contribution in [0.15, 0.2) is 34.3 Å². The highest BCUT2D eigenvalue weighted by Crippen LogP contribution is 2.39. The van der Waals surface area contributed by atoms with Crippen LogP contribution >= 0.6 is 11.3 Å². The Morgan fingerprint density at radius 2 is 2.21 bits per heavy atom. The molecule has 5 rings (SSSR count). The monoisotopic (exact) mass is 341 g/mol. The van der Waals surface area contributed by atoms with Gasteiger partial charge in [-0.25, -0.2) is 4.68 Å². The maximum Gasteiger partial charge on any atom is 0.276 e. The first-order valence-corrected chi connectivity index (χ1v) is 8.87. The summed E-state index contributed by atoms with van der Waals surface area (Å²) >= 11 is 1.56. The molecule has 3 aromatic rings. The molecule has 1 aliphatic carbocycles. The zero-order valence-electron chi connectivity index (χ0n) is 12.8. The molecular formula is C16H15N5O2S. The quantitative estimate of drug-likeness (QED) is 0.729. The van der Waals surface area contributed by atoms with Crippen molar-refractivity contribution < 1.29 is 9.32 Å². The van der Waals surface area contributed by atoms with Gasteiger partial charge in [0.2, 0.25) is 0 Å². The first kappa shape index (κ1) is 13.9. The second-order valence-corrected chi connectivity index (χ2v) is 7.26. The molecule has 1 saturated carbocycles. The molecule has 24 heavy (non-hydrogen) atoms. The lowest BCUT2D eigenvalue weighted by Crippen LogP contribution is -2.51. The van der Waals surface area contributed by atoms with Crippen LogP contribution in [0.1, 0.15) is 41.0 Å². The number of amides is 1. The van der Waals surface area contributed by atoms with E-state index in [4.69, 9.17) is 4.52 Å². The van der Waals surface area contributed by atoms with Crippen molar-refractivity contribution in [3.05, 3.63) is 41.2 Å². The number of likely N-dealkylation sites (tertiary alicyclic amines) is 1. The molecule has 1 saturated heterocycles. The van der Waals surface area contributed by atoms with E-state index in [1.54, 1.807) is 22.3 Å².